The molecule has 0 N–H and O–H groups in total. The number of fused-ring (bicyclic) bond motifs is 17. The lowest BCUT2D eigenvalue weighted by molar-refractivity contribution is 0.669. The van der Waals surface area contributed by atoms with Crippen molar-refractivity contribution in [1.29, 1.82) is 0 Å². The molecule has 0 radical (unpaired) electrons. The number of para-hydroxylation sites is 3. The van der Waals surface area contributed by atoms with Crippen LogP contribution < -0.4 is 0 Å². The van der Waals surface area contributed by atoms with E-state index in [1.807, 2.05) is 18.2 Å². The minimum atomic E-state index is 0.636. The smallest absolute Gasteiger partial charge is 0.165 e. The number of hydrogen-bond acceptors (Lipinski definition) is 4. The van der Waals surface area contributed by atoms with Crippen LogP contribution in [0, 0.1) is 0 Å². The molecule has 0 saturated carbocycles. The number of hydrogen-bond donors (Lipinski definition) is 0. The van der Waals surface area contributed by atoms with Gasteiger partial charge in [-0.05, 0) is 98.0 Å². The van der Waals surface area contributed by atoms with Crippen LogP contribution in [-0.4, -0.2) is 19.4 Å². The maximum Gasteiger partial charge on any atom is 0.165 e. The van der Waals surface area contributed by atoms with Gasteiger partial charge in [0.05, 0.1) is 22.2 Å². The lowest BCUT2D eigenvalue weighted by atomic mass is 9.92. The first kappa shape index (κ1) is 31.3. The summed E-state index contributed by atoms with van der Waals surface area (Å²) in [5.41, 5.74) is 11.4. The fourth-order valence-electron chi connectivity index (χ4n) is 9.30. The Balaban J connectivity index is 1.03. The van der Waals surface area contributed by atoms with Crippen molar-refractivity contribution in [3.05, 3.63) is 182 Å². The SMILES string of the molecule is c1ccc(-c2nc(-c3ccc4oc5ccc(-c6ccc7c8ccccc8c8ccccc8c7c6)cc5c4c3)nc3c2c2ccccc2n2c4ccccc4nc32)cc1. The zero-order valence-corrected chi connectivity index (χ0v) is 31.0. The van der Waals surface area contributed by atoms with E-state index in [0.717, 1.165) is 88.4 Å². The van der Waals surface area contributed by atoms with Gasteiger partial charge in [0.25, 0.3) is 0 Å². The average Bonchev–Trinajstić information content (AvgIpc) is 3.87. The van der Waals surface area contributed by atoms with Gasteiger partial charge in [0.2, 0.25) is 0 Å². The number of nitrogens with zero attached hydrogens (tertiary/aromatic N) is 4. The van der Waals surface area contributed by atoms with Crippen molar-refractivity contribution in [1.82, 2.24) is 19.4 Å². The summed E-state index contributed by atoms with van der Waals surface area (Å²) in [6.07, 6.45) is 0. The molecular formula is C53H30N4O. The number of benzene rings is 9. The highest BCUT2D eigenvalue weighted by Crippen LogP contribution is 2.41. The van der Waals surface area contributed by atoms with Gasteiger partial charge in [0, 0.05) is 32.7 Å². The standard InChI is InChI=1S/C53H30N4O/c1-2-12-31(13-3-1)50-49-40-18-8-10-20-45(40)57-46-21-11-9-19-44(46)54-53(57)51(49)56-52(55-50)34-24-27-48-43(30-34)42-29-33(23-26-47(42)58-48)32-22-25-39-37-16-5-4-14-35(37)36-15-6-7-17-38(36)41(39)28-32/h1-30H. The molecule has 0 amide bonds. The van der Waals surface area contributed by atoms with Gasteiger partial charge >= 0.3 is 0 Å². The van der Waals surface area contributed by atoms with E-state index in [0.29, 0.717) is 5.82 Å². The number of aromatic nitrogens is 4. The molecule has 9 aromatic carbocycles. The van der Waals surface area contributed by atoms with E-state index >= 15 is 0 Å². The summed E-state index contributed by atoms with van der Waals surface area (Å²) in [6, 6.07) is 64.3. The van der Waals surface area contributed by atoms with Crippen molar-refractivity contribution in [2.45, 2.75) is 0 Å². The second kappa shape index (κ2) is 11.8. The fraction of sp³-hybridized carbons (Fsp3) is 0. The topological polar surface area (TPSA) is 56.2 Å². The Hall–Kier alpha value is -7.89. The molecule has 5 heteroatoms. The Morgan fingerprint density at radius 3 is 1.62 bits per heavy atom. The summed E-state index contributed by atoms with van der Waals surface area (Å²) < 4.78 is 8.70. The Morgan fingerprint density at radius 2 is 0.897 bits per heavy atom. The van der Waals surface area contributed by atoms with Gasteiger partial charge in [0.1, 0.15) is 16.7 Å². The van der Waals surface area contributed by atoms with Crippen LogP contribution in [-0.2, 0) is 0 Å². The minimum absolute atomic E-state index is 0.636. The molecule has 5 nitrogen and oxygen atoms in total. The molecule has 58 heavy (non-hydrogen) atoms. The van der Waals surface area contributed by atoms with E-state index in [1.54, 1.807) is 0 Å². The summed E-state index contributed by atoms with van der Waals surface area (Å²) in [6.45, 7) is 0. The zero-order chi connectivity index (χ0) is 37.9. The van der Waals surface area contributed by atoms with Gasteiger partial charge in [-0.2, -0.15) is 0 Å². The van der Waals surface area contributed by atoms with Crippen LogP contribution in [0.4, 0.5) is 0 Å². The van der Waals surface area contributed by atoms with Crippen LogP contribution in [0.5, 0.6) is 0 Å². The molecule has 0 aliphatic carbocycles. The third-order valence-electron chi connectivity index (χ3n) is 11.9. The van der Waals surface area contributed by atoms with E-state index in [1.165, 1.54) is 32.3 Å². The predicted octanol–water partition coefficient (Wildman–Crippen LogP) is 13.9. The number of imidazole rings is 1. The van der Waals surface area contributed by atoms with E-state index < -0.39 is 0 Å². The Morgan fingerprint density at radius 1 is 0.362 bits per heavy atom. The molecule has 0 aliphatic rings. The van der Waals surface area contributed by atoms with E-state index in [9.17, 15) is 0 Å². The highest BCUT2D eigenvalue weighted by molar-refractivity contribution is 6.26. The van der Waals surface area contributed by atoms with Crippen LogP contribution >= 0.6 is 0 Å². The summed E-state index contributed by atoms with van der Waals surface area (Å²) in [5, 5.41) is 11.7. The normalized spacial score (nSPS) is 12.1. The average molecular weight is 739 g/mol. The highest BCUT2D eigenvalue weighted by atomic mass is 16.3. The van der Waals surface area contributed by atoms with Crippen LogP contribution in [0.2, 0.25) is 0 Å². The van der Waals surface area contributed by atoms with E-state index in [-0.39, 0.29) is 0 Å². The second-order valence-electron chi connectivity index (χ2n) is 15.1. The highest BCUT2D eigenvalue weighted by Gasteiger charge is 2.21. The summed E-state index contributed by atoms with van der Waals surface area (Å²) in [4.78, 5) is 16.0. The van der Waals surface area contributed by atoms with Crippen molar-refractivity contribution in [2.24, 2.45) is 0 Å². The van der Waals surface area contributed by atoms with Crippen molar-refractivity contribution in [3.63, 3.8) is 0 Å². The van der Waals surface area contributed by atoms with Crippen LogP contribution in [0.15, 0.2) is 186 Å². The molecule has 4 aromatic heterocycles. The molecule has 0 unspecified atom stereocenters. The van der Waals surface area contributed by atoms with Crippen LogP contribution in [0.3, 0.4) is 0 Å². The van der Waals surface area contributed by atoms with E-state index in [4.69, 9.17) is 19.4 Å². The van der Waals surface area contributed by atoms with Gasteiger partial charge < -0.3 is 4.42 Å². The number of furan rings is 1. The predicted molar refractivity (Wildman–Crippen MR) is 239 cm³/mol. The van der Waals surface area contributed by atoms with Gasteiger partial charge in [0.15, 0.2) is 11.5 Å². The van der Waals surface area contributed by atoms with Gasteiger partial charge in [-0.25, -0.2) is 15.0 Å². The third-order valence-corrected chi connectivity index (χ3v) is 11.9. The maximum absolute atomic E-state index is 6.46. The van der Waals surface area contributed by atoms with Crippen molar-refractivity contribution in [3.8, 4) is 33.8 Å². The summed E-state index contributed by atoms with van der Waals surface area (Å²) in [7, 11) is 0. The molecule has 0 aliphatic heterocycles. The second-order valence-corrected chi connectivity index (χ2v) is 15.1. The molecule has 13 rings (SSSR count). The number of pyridine rings is 1. The van der Waals surface area contributed by atoms with Crippen molar-refractivity contribution in [2.75, 3.05) is 0 Å². The first-order valence-corrected chi connectivity index (χ1v) is 19.6. The van der Waals surface area contributed by atoms with Crippen LogP contribution in [0.25, 0.3) is 127 Å². The Labute approximate surface area is 331 Å². The monoisotopic (exact) mass is 738 g/mol. The summed E-state index contributed by atoms with van der Waals surface area (Å²) in [5.74, 6) is 0.636. The van der Waals surface area contributed by atoms with Crippen molar-refractivity contribution >= 4 is 92.7 Å². The molecule has 0 saturated heterocycles. The van der Waals surface area contributed by atoms with Gasteiger partial charge in [-0.1, -0.05) is 127 Å². The summed E-state index contributed by atoms with van der Waals surface area (Å²) >= 11 is 0. The fourth-order valence-corrected chi connectivity index (χ4v) is 9.30. The lowest BCUT2D eigenvalue weighted by Crippen LogP contribution is -2.00. The Kier molecular flexibility index (Phi) is 6.38. The minimum Gasteiger partial charge on any atom is -0.456 e. The quantitative estimate of drug-likeness (QED) is 0.169. The van der Waals surface area contributed by atoms with E-state index in [2.05, 4.69) is 168 Å². The molecular weight excluding hydrogens is 709 g/mol. The number of rotatable bonds is 3. The third kappa shape index (κ3) is 4.44. The zero-order valence-electron chi connectivity index (χ0n) is 31.0. The molecule has 0 atom stereocenters. The lowest BCUT2D eigenvalue weighted by Gasteiger charge is -2.14. The van der Waals surface area contributed by atoms with Crippen molar-refractivity contribution < 1.29 is 4.42 Å². The molecule has 4 heterocycles. The molecule has 0 spiro atoms. The van der Waals surface area contributed by atoms with Gasteiger partial charge in [-0.15, -0.1) is 0 Å². The molecule has 268 valence electrons. The van der Waals surface area contributed by atoms with Gasteiger partial charge in [-0.3, -0.25) is 4.40 Å². The first-order chi connectivity index (χ1) is 28.7. The largest absolute Gasteiger partial charge is 0.456 e. The maximum atomic E-state index is 6.46. The molecule has 13 aromatic rings. The van der Waals surface area contributed by atoms with Crippen LogP contribution in [0.1, 0.15) is 0 Å². The first-order valence-electron chi connectivity index (χ1n) is 19.6. The molecule has 0 fully saturated rings. The molecule has 0 bridgehead atoms. The Bertz CT molecular complexity index is 3830.